The van der Waals surface area contributed by atoms with Crippen molar-refractivity contribution in [2.45, 2.75) is 0 Å². The van der Waals surface area contributed by atoms with Crippen LogP contribution in [0.5, 0.6) is 0 Å². The van der Waals surface area contributed by atoms with Crippen molar-refractivity contribution in [1.82, 2.24) is 19.9 Å². The monoisotopic (exact) mass is 243 g/mol. The second-order valence-corrected chi connectivity index (χ2v) is 3.49. The van der Waals surface area contributed by atoms with Crippen molar-refractivity contribution in [2.75, 3.05) is 17.2 Å². The number of anilines is 3. The molecule has 0 aliphatic heterocycles. The number of hydrogen-bond acceptors (Lipinski definition) is 6. The quantitative estimate of drug-likeness (QED) is 0.431. The molecule has 0 amide bonds. The molecule has 92 valence electrons. The van der Waals surface area contributed by atoms with E-state index in [-0.39, 0.29) is 0 Å². The predicted octanol–water partition coefficient (Wildman–Crippen LogP) is 0.786. The van der Waals surface area contributed by atoms with Crippen LogP contribution in [0.2, 0.25) is 0 Å². The highest BCUT2D eigenvalue weighted by atomic mass is 15.0. The van der Waals surface area contributed by atoms with Crippen molar-refractivity contribution in [2.24, 2.45) is 0 Å². The molecule has 1 aromatic carbocycles. The van der Waals surface area contributed by atoms with E-state index in [0.29, 0.717) is 28.4 Å². The average molecular weight is 243 g/mol. The average Bonchev–Trinajstić information content (AvgIpc) is 2.84. The molecule has 0 saturated heterocycles. The molecule has 0 fully saturated rings. The molecule has 7 N–H and O–H groups in total. The summed E-state index contributed by atoms with van der Waals surface area (Å²) in [6, 6.07) is 7.25. The number of aromatic nitrogens is 4. The van der Waals surface area contributed by atoms with Gasteiger partial charge in [0.05, 0.1) is 17.7 Å². The Labute approximate surface area is 103 Å². The molecule has 0 spiro atoms. The number of nitrogens with zero attached hydrogens (tertiary/aromatic N) is 3. The van der Waals surface area contributed by atoms with Crippen LogP contribution in [0.1, 0.15) is 0 Å². The van der Waals surface area contributed by atoms with Gasteiger partial charge in [-0.1, -0.05) is 12.1 Å². The molecule has 7 heteroatoms. The lowest BCUT2D eigenvalue weighted by Crippen LogP contribution is -1.91. The molecule has 2 heterocycles. The molecule has 0 radical (unpaired) electrons. The van der Waals surface area contributed by atoms with Crippen LogP contribution in [0.15, 0.2) is 36.9 Å². The van der Waals surface area contributed by atoms with E-state index in [1.807, 2.05) is 12.1 Å². The van der Waals surface area contributed by atoms with Crippen molar-refractivity contribution in [1.29, 1.82) is 0 Å². The highest BCUT2D eigenvalue weighted by Crippen LogP contribution is 2.10. The van der Waals surface area contributed by atoms with Gasteiger partial charge in [0.15, 0.2) is 11.5 Å². The summed E-state index contributed by atoms with van der Waals surface area (Å²) < 4.78 is 0. The van der Waals surface area contributed by atoms with Crippen LogP contribution >= 0.6 is 0 Å². The fourth-order valence-electron chi connectivity index (χ4n) is 1.29. The lowest BCUT2D eigenvalue weighted by atomic mass is 10.3. The molecular formula is C11H13N7. The topological polar surface area (TPSA) is 133 Å². The Hall–Kier alpha value is -2.83. The maximum Gasteiger partial charge on any atom is 0.182 e. The van der Waals surface area contributed by atoms with Crippen LogP contribution in [0.4, 0.5) is 17.2 Å². The van der Waals surface area contributed by atoms with Crippen molar-refractivity contribution < 1.29 is 0 Å². The summed E-state index contributed by atoms with van der Waals surface area (Å²) in [4.78, 5) is 14.4. The third-order valence-electron chi connectivity index (χ3n) is 2.25. The van der Waals surface area contributed by atoms with Gasteiger partial charge in [-0.15, -0.1) is 0 Å². The van der Waals surface area contributed by atoms with E-state index in [1.165, 1.54) is 12.7 Å². The Morgan fingerprint density at radius 2 is 1.56 bits per heavy atom. The molecule has 0 atom stereocenters. The summed E-state index contributed by atoms with van der Waals surface area (Å²) in [5.74, 6) is 0.433. The van der Waals surface area contributed by atoms with E-state index in [4.69, 9.17) is 17.2 Å². The molecular weight excluding hydrogens is 230 g/mol. The Bertz CT molecular complexity index is 625. The summed E-state index contributed by atoms with van der Waals surface area (Å²) in [6.45, 7) is 0. The number of imidazole rings is 1. The van der Waals surface area contributed by atoms with Gasteiger partial charge in [-0.2, -0.15) is 0 Å². The maximum absolute atomic E-state index is 5.48. The minimum absolute atomic E-state index is 0.433. The third-order valence-corrected chi connectivity index (χ3v) is 2.25. The Morgan fingerprint density at radius 1 is 0.889 bits per heavy atom. The summed E-state index contributed by atoms with van der Waals surface area (Å²) in [5, 5.41) is 0. The molecule has 0 unspecified atom stereocenters. The lowest BCUT2D eigenvalue weighted by molar-refractivity contribution is 1.21. The molecule has 0 saturated carbocycles. The predicted molar refractivity (Wildman–Crippen MR) is 71.4 cm³/mol. The summed E-state index contributed by atoms with van der Waals surface area (Å²) >= 11 is 0. The molecule has 3 rings (SSSR count). The maximum atomic E-state index is 5.48. The van der Waals surface area contributed by atoms with Crippen molar-refractivity contribution in [3.63, 3.8) is 0 Å². The second-order valence-electron chi connectivity index (χ2n) is 3.49. The van der Waals surface area contributed by atoms with Crippen LogP contribution in [-0.2, 0) is 0 Å². The van der Waals surface area contributed by atoms with E-state index >= 15 is 0 Å². The van der Waals surface area contributed by atoms with Crippen LogP contribution in [0.25, 0.3) is 11.2 Å². The highest BCUT2D eigenvalue weighted by molar-refractivity contribution is 5.80. The van der Waals surface area contributed by atoms with E-state index in [0.717, 1.165) is 0 Å². The first-order valence-corrected chi connectivity index (χ1v) is 5.18. The first-order chi connectivity index (χ1) is 8.68. The van der Waals surface area contributed by atoms with Gasteiger partial charge in [0.2, 0.25) is 0 Å². The number of hydrogen-bond donors (Lipinski definition) is 4. The first-order valence-electron chi connectivity index (χ1n) is 5.18. The highest BCUT2D eigenvalue weighted by Gasteiger charge is 1.99. The van der Waals surface area contributed by atoms with Gasteiger partial charge in [-0.25, -0.2) is 15.0 Å². The van der Waals surface area contributed by atoms with Gasteiger partial charge in [0, 0.05) is 0 Å². The van der Waals surface area contributed by atoms with Gasteiger partial charge in [-0.3, -0.25) is 0 Å². The number of benzene rings is 1. The zero-order valence-electron chi connectivity index (χ0n) is 9.54. The van der Waals surface area contributed by atoms with E-state index in [9.17, 15) is 0 Å². The lowest BCUT2D eigenvalue weighted by Gasteiger charge is -1.94. The summed E-state index contributed by atoms with van der Waals surface area (Å²) in [5.41, 5.74) is 18.9. The molecule has 7 nitrogen and oxygen atoms in total. The third kappa shape index (κ3) is 2.46. The fraction of sp³-hybridized carbons (Fsp3) is 0. The second kappa shape index (κ2) is 5.00. The van der Waals surface area contributed by atoms with Gasteiger partial charge in [0.25, 0.3) is 0 Å². The van der Waals surface area contributed by atoms with E-state index in [1.54, 1.807) is 12.1 Å². The SMILES string of the molecule is Nc1ccccc1N.Nc1ncnc2nc[nH]c12. The van der Waals surface area contributed by atoms with Crippen molar-refractivity contribution in [3.05, 3.63) is 36.9 Å². The van der Waals surface area contributed by atoms with Crippen LogP contribution in [0, 0.1) is 0 Å². The van der Waals surface area contributed by atoms with Crippen molar-refractivity contribution >= 4 is 28.4 Å². The number of nitrogens with one attached hydrogen (secondary N) is 1. The van der Waals surface area contributed by atoms with E-state index < -0.39 is 0 Å². The van der Waals surface area contributed by atoms with E-state index in [2.05, 4.69) is 19.9 Å². The van der Waals surface area contributed by atoms with Gasteiger partial charge in [0.1, 0.15) is 11.8 Å². The van der Waals surface area contributed by atoms with Gasteiger partial charge >= 0.3 is 0 Å². The number of H-pyrrole nitrogens is 1. The number of fused-ring (bicyclic) bond motifs is 1. The number of aromatic amines is 1. The molecule has 3 aromatic rings. The van der Waals surface area contributed by atoms with Crippen molar-refractivity contribution in [3.8, 4) is 0 Å². The summed E-state index contributed by atoms with van der Waals surface area (Å²) in [7, 11) is 0. The Balaban J connectivity index is 0.000000138. The van der Waals surface area contributed by atoms with Crippen LogP contribution in [0.3, 0.4) is 0 Å². The molecule has 0 aliphatic carbocycles. The fourth-order valence-corrected chi connectivity index (χ4v) is 1.29. The summed E-state index contributed by atoms with van der Waals surface area (Å²) in [6.07, 6.45) is 2.92. The minimum Gasteiger partial charge on any atom is -0.397 e. The smallest absolute Gasteiger partial charge is 0.182 e. The number of rotatable bonds is 0. The number of para-hydroxylation sites is 2. The molecule has 18 heavy (non-hydrogen) atoms. The number of nitrogen functional groups attached to an aromatic ring is 3. The van der Waals surface area contributed by atoms with Gasteiger partial charge in [-0.05, 0) is 12.1 Å². The standard InChI is InChI=1S/C6H8N2.C5H5N5/c7-5-3-1-2-4-6(5)8;6-4-3-5(9-1-7-3)10-2-8-4/h1-4H,7-8H2;1-2H,(H3,6,7,8,9,10). The van der Waals surface area contributed by atoms with Gasteiger partial charge < -0.3 is 22.2 Å². The zero-order valence-corrected chi connectivity index (χ0v) is 9.54. The molecule has 2 aromatic heterocycles. The van der Waals surface area contributed by atoms with Crippen LogP contribution in [-0.4, -0.2) is 19.9 Å². The normalized spacial score (nSPS) is 9.78. The minimum atomic E-state index is 0.433. The Kier molecular flexibility index (Phi) is 3.24. The zero-order chi connectivity index (χ0) is 13.0. The largest absolute Gasteiger partial charge is 0.397 e. The Morgan fingerprint density at radius 3 is 2.11 bits per heavy atom. The molecule has 0 bridgehead atoms. The number of nitrogens with two attached hydrogens (primary N) is 3. The van der Waals surface area contributed by atoms with Crippen LogP contribution < -0.4 is 17.2 Å². The first kappa shape index (κ1) is 11.6. The molecule has 0 aliphatic rings.